The molecule has 0 unspecified atom stereocenters. The van der Waals surface area contributed by atoms with Gasteiger partial charge in [0.15, 0.2) is 6.61 Å². The van der Waals surface area contributed by atoms with E-state index in [4.69, 9.17) is 16.3 Å². The predicted molar refractivity (Wildman–Crippen MR) is 134 cm³/mol. The molecule has 6 nitrogen and oxygen atoms in total. The standard InChI is InChI=1S/C25H26ClN3O3S/c1-17-5-8-22(18(2)14-17)32-16-24(30)27-19-6-7-21(20(26)15-19)28-9-11-29(12-10-28)25(31)23-4-3-13-33-23/h3-8,13-15H,9-12,16H2,1-2H3,(H,27,30). The van der Waals surface area contributed by atoms with Crippen molar-refractivity contribution in [2.75, 3.05) is 43.0 Å². The predicted octanol–water partition coefficient (Wildman–Crippen LogP) is 5.00. The highest BCUT2D eigenvalue weighted by Gasteiger charge is 2.24. The van der Waals surface area contributed by atoms with Crippen LogP contribution >= 0.6 is 22.9 Å². The molecule has 3 aromatic rings. The molecular formula is C25H26ClN3O3S. The van der Waals surface area contributed by atoms with E-state index in [-0.39, 0.29) is 18.4 Å². The van der Waals surface area contributed by atoms with Crippen molar-refractivity contribution in [1.29, 1.82) is 0 Å². The molecule has 1 aliphatic heterocycles. The van der Waals surface area contributed by atoms with Crippen molar-refractivity contribution < 1.29 is 14.3 Å². The van der Waals surface area contributed by atoms with Gasteiger partial charge in [-0.2, -0.15) is 0 Å². The van der Waals surface area contributed by atoms with Gasteiger partial charge in [0.25, 0.3) is 11.8 Å². The molecule has 1 aromatic heterocycles. The molecule has 2 heterocycles. The summed E-state index contributed by atoms with van der Waals surface area (Å²) in [5.74, 6) is 0.525. The van der Waals surface area contributed by atoms with Crippen LogP contribution in [0.3, 0.4) is 0 Å². The zero-order chi connectivity index (χ0) is 23.4. The van der Waals surface area contributed by atoms with Gasteiger partial charge in [0.2, 0.25) is 0 Å². The number of nitrogens with one attached hydrogen (secondary N) is 1. The summed E-state index contributed by atoms with van der Waals surface area (Å²) in [5.41, 5.74) is 3.65. The molecule has 0 spiro atoms. The highest BCUT2D eigenvalue weighted by Crippen LogP contribution is 2.30. The third kappa shape index (κ3) is 5.67. The number of amides is 2. The van der Waals surface area contributed by atoms with Crippen molar-refractivity contribution in [2.24, 2.45) is 0 Å². The zero-order valence-corrected chi connectivity index (χ0v) is 20.2. The number of aryl methyl sites for hydroxylation is 2. The maximum Gasteiger partial charge on any atom is 0.264 e. The highest BCUT2D eigenvalue weighted by atomic mass is 35.5. The quantitative estimate of drug-likeness (QED) is 0.536. The number of thiophene rings is 1. The number of halogens is 1. The lowest BCUT2D eigenvalue weighted by Crippen LogP contribution is -2.48. The fourth-order valence-corrected chi connectivity index (χ4v) is 4.84. The van der Waals surface area contributed by atoms with Crippen LogP contribution in [0.15, 0.2) is 53.9 Å². The molecule has 0 atom stereocenters. The number of benzene rings is 2. The van der Waals surface area contributed by atoms with Gasteiger partial charge in [0, 0.05) is 31.9 Å². The first-order valence-corrected chi connectivity index (χ1v) is 12.0. The van der Waals surface area contributed by atoms with Gasteiger partial charge in [0.05, 0.1) is 15.6 Å². The van der Waals surface area contributed by atoms with E-state index >= 15 is 0 Å². The molecule has 1 aliphatic rings. The molecule has 2 aromatic carbocycles. The molecule has 1 N–H and O–H groups in total. The van der Waals surface area contributed by atoms with E-state index in [0.29, 0.717) is 42.6 Å². The van der Waals surface area contributed by atoms with Crippen molar-refractivity contribution in [3.05, 3.63) is 74.9 Å². The Morgan fingerprint density at radius 2 is 1.85 bits per heavy atom. The lowest BCUT2D eigenvalue weighted by Gasteiger charge is -2.36. The molecule has 4 rings (SSSR count). The fourth-order valence-electron chi connectivity index (χ4n) is 3.85. The van der Waals surface area contributed by atoms with Crippen LogP contribution in [0.5, 0.6) is 5.75 Å². The molecule has 0 aliphatic carbocycles. The third-order valence-corrected chi connectivity index (χ3v) is 6.72. The van der Waals surface area contributed by atoms with Crippen LogP contribution in [0.2, 0.25) is 5.02 Å². The molecule has 2 amide bonds. The molecule has 33 heavy (non-hydrogen) atoms. The first kappa shape index (κ1) is 23.1. The lowest BCUT2D eigenvalue weighted by molar-refractivity contribution is -0.118. The van der Waals surface area contributed by atoms with Gasteiger partial charge in [-0.1, -0.05) is 35.4 Å². The molecule has 0 radical (unpaired) electrons. The summed E-state index contributed by atoms with van der Waals surface area (Å²) in [6, 6.07) is 15.1. The SMILES string of the molecule is Cc1ccc(OCC(=O)Nc2ccc(N3CCN(C(=O)c4cccs4)CC3)c(Cl)c2)c(C)c1. The Morgan fingerprint density at radius 3 is 2.52 bits per heavy atom. The summed E-state index contributed by atoms with van der Waals surface area (Å²) in [6.07, 6.45) is 0. The van der Waals surface area contributed by atoms with E-state index in [9.17, 15) is 9.59 Å². The van der Waals surface area contributed by atoms with E-state index in [1.807, 2.05) is 66.6 Å². The summed E-state index contributed by atoms with van der Waals surface area (Å²) in [4.78, 5) is 29.7. The lowest BCUT2D eigenvalue weighted by atomic mass is 10.1. The van der Waals surface area contributed by atoms with Crippen LogP contribution < -0.4 is 15.0 Å². The number of piperazine rings is 1. The topological polar surface area (TPSA) is 61.9 Å². The Hall–Kier alpha value is -3.03. The van der Waals surface area contributed by atoms with Crippen molar-refractivity contribution in [1.82, 2.24) is 4.90 Å². The van der Waals surface area contributed by atoms with Gasteiger partial charge in [-0.15, -0.1) is 11.3 Å². The second-order valence-corrected chi connectivity index (χ2v) is 9.38. The Labute approximate surface area is 202 Å². The van der Waals surface area contributed by atoms with E-state index in [1.165, 1.54) is 11.3 Å². The first-order valence-electron chi connectivity index (χ1n) is 10.8. The minimum Gasteiger partial charge on any atom is -0.483 e. The fraction of sp³-hybridized carbons (Fsp3) is 0.280. The van der Waals surface area contributed by atoms with Gasteiger partial charge in [0.1, 0.15) is 5.75 Å². The number of carbonyl (C=O) groups excluding carboxylic acids is 2. The van der Waals surface area contributed by atoms with Gasteiger partial charge in [-0.3, -0.25) is 9.59 Å². The highest BCUT2D eigenvalue weighted by molar-refractivity contribution is 7.12. The summed E-state index contributed by atoms with van der Waals surface area (Å²) in [6.45, 7) is 6.57. The second-order valence-electron chi connectivity index (χ2n) is 8.03. The Balaban J connectivity index is 1.30. The molecule has 0 bridgehead atoms. The number of hydrogen-bond acceptors (Lipinski definition) is 5. The average Bonchev–Trinajstić information content (AvgIpc) is 3.33. The maximum atomic E-state index is 12.5. The van der Waals surface area contributed by atoms with Crippen LogP contribution in [0.25, 0.3) is 0 Å². The molecule has 1 fully saturated rings. The van der Waals surface area contributed by atoms with Crippen LogP contribution in [0, 0.1) is 13.8 Å². The molecular weight excluding hydrogens is 458 g/mol. The number of carbonyl (C=O) groups is 2. The van der Waals surface area contributed by atoms with E-state index in [1.54, 1.807) is 6.07 Å². The smallest absolute Gasteiger partial charge is 0.264 e. The number of anilines is 2. The minimum atomic E-state index is -0.250. The molecule has 1 saturated heterocycles. The van der Waals surface area contributed by atoms with Crippen molar-refractivity contribution in [3.8, 4) is 5.75 Å². The first-order chi connectivity index (χ1) is 15.9. The van der Waals surface area contributed by atoms with Crippen molar-refractivity contribution in [3.63, 3.8) is 0 Å². The van der Waals surface area contributed by atoms with Crippen LogP contribution in [-0.4, -0.2) is 49.5 Å². The molecule has 0 saturated carbocycles. The summed E-state index contributed by atoms with van der Waals surface area (Å²) < 4.78 is 5.65. The van der Waals surface area contributed by atoms with Crippen molar-refractivity contribution in [2.45, 2.75) is 13.8 Å². The average molecular weight is 484 g/mol. The van der Waals surface area contributed by atoms with Crippen LogP contribution in [0.4, 0.5) is 11.4 Å². The van der Waals surface area contributed by atoms with Crippen LogP contribution in [-0.2, 0) is 4.79 Å². The van der Waals surface area contributed by atoms with E-state index in [2.05, 4.69) is 10.2 Å². The molecule has 8 heteroatoms. The normalized spacial score (nSPS) is 13.7. The number of ether oxygens (including phenoxy) is 1. The van der Waals surface area contributed by atoms with Gasteiger partial charge >= 0.3 is 0 Å². The van der Waals surface area contributed by atoms with E-state index in [0.717, 1.165) is 21.7 Å². The zero-order valence-electron chi connectivity index (χ0n) is 18.6. The number of nitrogens with zero attached hydrogens (tertiary/aromatic N) is 2. The summed E-state index contributed by atoms with van der Waals surface area (Å²) in [5, 5.41) is 5.31. The van der Waals surface area contributed by atoms with Gasteiger partial charge < -0.3 is 19.9 Å². The third-order valence-electron chi connectivity index (χ3n) is 5.56. The van der Waals surface area contributed by atoms with Gasteiger partial charge in [-0.25, -0.2) is 0 Å². The van der Waals surface area contributed by atoms with Gasteiger partial charge in [-0.05, 0) is 55.1 Å². The Bertz CT molecular complexity index is 1140. The second kappa shape index (κ2) is 10.3. The van der Waals surface area contributed by atoms with Crippen LogP contribution in [0.1, 0.15) is 20.8 Å². The largest absolute Gasteiger partial charge is 0.483 e. The Kier molecular flexibility index (Phi) is 7.20. The number of hydrogen-bond donors (Lipinski definition) is 1. The number of rotatable bonds is 6. The van der Waals surface area contributed by atoms with E-state index < -0.39 is 0 Å². The maximum absolute atomic E-state index is 12.5. The Morgan fingerprint density at radius 1 is 1.06 bits per heavy atom. The minimum absolute atomic E-state index is 0.0799. The van der Waals surface area contributed by atoms with Crippen molar-refractivity contribution >= 4 is 46.1 Å². The molecule has 172 valence electrons. The summed E-state index contributed by atoms with van der Waals surface area (Å²) >= 11 is 8.00. The summed E-state index contributed by atoms with van der Waals surface area (Å²) in [7, 11) is 0. The monoisotopic (exact) mass is 483 g/mol.